The number of nitrogens with zero attached hydrogens (tertiary/aromatic N) is 8. The Balaban J connectivity index is 1.32. The summed E-state index contributed by atoms with van der Waals surface area (Å²) in [4.78, 5) is 33.4. The van der Waals surface area contributed by atoms with Gasteiger partial charge in [-0.2, -0.15) is 4.98 Å². The maximum absolute atomic E-state index is 12.8. The highest BCUT2D eigenvalue weighted by Gasteiger charge is 2.32. The molecule has 14 heteroatoms. The van der Waals surface area contributed by atoms with Gasteiger partial charge in [0.1, 0.15) is 29.0 Å². The van der Waals surface area contributed by atoms with Crippen molar-refractivity contribution in [1.29, 1.82) is 0 Å². The molecule has 0 bridgehead atoms. The highest BCUT2D eigenvalue weighted by molar-refractivity contribution is 5.69. The van der Waals surface area contributed by atoms with Gasteiger partial charge in [0, 0.05) is 50.5 Å². The van der Waals surface area contributed by atoms with Gasteiger partial charge in [-0.1, -0.05) is 37.6 Å². The van der Waals surface area contributed by atoms with Crippen LogP contribution in [0.25, 0.3) is 5.65 Å². The minimum absolute atomic E-state index is 0.0696. The number of imidazole rings is 1. The number of hydrogen-bond acceptors (Lipinski definition) is 12. The Labute approximate surface area is 329 Å². The summed E-state index contributed by atoms with van der Waals surface area (Å²) in [5.74, 6) is 2.90. The molecule has 14 nitrogen and oxygen atoms in total. The van der Waals surface area contributed by atoms with Crippen LogP contribution in [0, 0.1) is 6.92 Å². The Bertz CT molecular complexity index is 2030. The van der Waals surface area contributed by atoms with Crippen molar-refractivity contribution in [3.63, 3.8) is 0 Å². The van der Waals surface area contributed by atoms with Crippen LogP contribution in [0.1, 0.15) is 81.5 Å². The van der Waals surface area contributed by atoms with Gasteiger partial charge in [0.15, 0.2) is 11.5 Å². The number of piperazine rings is 1. The van der Waals surface area contributed by atoms with Gasteiger partial charge in [-0.25, -0.2) is 19.3 Å². The van der Waals surface area contributed by atoms with E-state index in [2.05, 4.69) is 16.7 Å². The van der Waals surface area contributed by atoms with Gasteiger partial charge in [0.25, 0.3) is 0 Å². The number of benzene rings is 2. The van der Waals surface area contributed by atoms with Crippen LogP contribution in [0.2, 0.25) is 0 Å². The van der Waals surface area contributed by atoms with Crippen molar-refractivity contribution in [1.82, 2.24) is 29.5 Å². The predicted molar refractivity (Wildman–Crippen MR) is 215 cm³/mol. The molecule has 56 heavy (non-hydrogen) atoms. The van der Waals surface area contributed by atoms with E-state index in [9.17, 15) is 9.90 Å². The standard InChI is InChI=1S/C42H54N8O6/c1-9-10-21-55-40-45-39(48(26-30-11-15-33(53-7)16-12-30)27-31-13-17-34(54-8)18-14-31)38-44-24-35(50(38)46-40)36(51)32-22-28(2)37(43-23-32)47-19-20-49(29(3)25-47)41(52)56-42(4,5)6/h11-18,22-24,29,36,51H,9-10,19-21,25-27H2,1-8H3/t29-,36?/m0/s1. The van der Waals surface area contributed by atoms with Crippen molar-refractivity contribution in [3.05, 3.63) is 94.9 Å². The zero-order chi connectivity index (χ0) is 40.0. The third kappa shape index (κ3) is 9.41. The lowest BCUT2D eigenvalue weighted by Gasteiger charge is -2.41. The third-order valence-electron chi connectivity index (χ3n) is 9.67. The molecule has 2 aromatic carbocycles. The monoisotopic (exact) mass is 766 g/mol. The summed E-state index contributed by atoms with van der Waals surface area (Å²) in [5, 5.41) is 16.7. The maximum atomic E-state index is 12.8. The fourth-order valence-electron chi connectivity index (χ4n) is 6.72. The quantitative estimate of drug-likeness (QED) is 0.120. The average Bonchev–Trinajstić information content (AvgIpc) is 3.61. The van der Waals surface area contributed by atoms with Gasteiger partial charge < -0.3 is 38.8 Å². The van der Waals surface area contributed by atoms with Crippen LogP contribution in [-0.4, -0.2) is 92.8 Å². The fourth-order valence-corrected chi connectivity index (χ4v) is 6.72. The van der Waals surface area contributed by atoms with E-state index in [0.29, 0.717) is 62.1 Å². The predicted octanol–water partition coefficient (Wildman–Crippen LogP) is 6.76. The van der Waals surface area contributed by atoms with E-state index in [1.807, 2.05) is 89.2 Å². The third-order valence-corrected chi connectivity index (χ3v) is 9.67. The number of fused-ring (bicyclic) bond motifs is 1. The van der Waals surface area contributed by atoms with Crippen molar-refractivity contribution in [2.75, 3.05) is 50.3 Å². The molecule has 298 valence electrons. The van der Waals surface area contributed by atoms with Crippen molar-refractivity contribution in [3.8, 4) is 17.5 Å². The Morgan fingerprint density at radius 1 is 0.964 bits per heavy atom. The summed E-state index contributed by atoms with van der Waals surface area (Å²) in [6, 6.07) is 17.9. The van der Waals surface area contributed by atoms with E-state index in [1.54, 1.807) is 36.0 Å². The van der Waals surface area contributed by atoms with Crippen LogP contribution in [0.4, 0.5) is 16.4 Å². The lowest BCUT2D eigenvalue weighted by molar-refractivity contribution is 0.0158. The van der Waals surface area contributed by atoms with Gasteiger partial charge in [-0.05, 0) is 88.1 Å². The number of amides is 1. The van der Waals surface area contributed by atoms with E-state index in [1.165, 1.54) is 0 Å². The average molecular weight is 767 g/mol. The summed E-state index contributed by atoms with van der Waals surface area (Å²) in [6.45, 7) is 14.9. The number of unbranched alkanes of at least 4 members (excludes halogenated alkanes) is 1. The number of anilines is 2. The zero-order valence-electron chi connectivity index (χ0n) is 33.7. The molecule has 1 aliphatic heterocycles. The molecule has 1 saturated heterocycles. The maximum Gasteiger partial charge on any atom is 0.410 e. The van der Waals surface area contributed by atoms with Crippen molar-refractivity contribution >= 4 is 23.4 Å². The number of rotatable bonds is 14. The first-order valence-corrected chi connectivity index (χ1v) is 19.2. The van der Waals surface area contributed by atoms with E-state index in [4.69, 9.17) is 39.0 Å². The van der Waals surface area contributed by atoms with Gasteiger partial charge in [0.05, 0.1) is 32.7 Å². The van der Waals surface area contributed by atoms with Gasteiger partial charge in [0.2, 0.25) is 0 Å². The van der Waals surface area contributed by atoms with Crippen LogP contribution in [0.3, 0.4) is 0 Å². The van der Waals surface area contributed by atoms with Crippen LogP contribution in [0.15, 0.2) is 67.0 Å². The second-order valence-corrected chi connectivity index (χ2v) is 15.2. The number of aliphatic hydroxyl groups is 1. The normalized spacial score (nSPS) is 15.1. The van der Waals surface area contributed by atoms with Crippen molar-refractivity contribution < 1.29 is 28.8 Å². The highest BCUT2D eigenvalue weighted by atomic mass is 16.6. The molecule has 1 fully saturated rings. The molecule has 0 saturated carbocycles. The van der Waals surface area contributed by atoms with E-state index < -0.39 is 11.7 Å². The zero-order valence-corrected chi connectivity index (χ0v) is 33.7. The first kappa shape index (κ1) is 40.0. The number of aryl methyl sites for hydroxylation is 1. The smallest absolute Gasteiger partial charge is 0.410 e. The number of carbonyl (C=O) groups is 1. The fraction of sp³-hybridized carbons (Fsp3) is 0.452. The van der Waals surface area contributed by atoms with Crippen molar-refractivity contribution in [2.45, 2.75) is 85.2 Å². The molecule has 5 aromatic rings. The molecular formula is C42H54N8O6. The second kappa shape index (κ2) is 17.4. The molecule has 0 aliphatic carbocycles. The van der Waals surface area contributed by atoms with Crippen LogP contribution < -0.4 is 24.0 Å². The molecule has 3 aromatic heterocycles. The first-order chi connectivity index (χ1) is 26.9. The molecule has 6 rings (SSSR count). The number of carbonyl (C=O) groups excluding carboxylic acids is 1. The Kier molecular flexibility index (Phi) is 12.5. The second-order valence-electron chi connectivity index (χ2n) is 15.2. The van der Waals surface area contributed by atoms with Gasteiger partial charge in [-0.3, -0.25) is 0 Å². The molecule has 2 atom stereocenters. The molecule has 1 unspecified atom stereocenters. The lowest BCUT2D eigenvalue weighted by Crippen LogP contribution is -2.55. The SMILES string of the molecule is CCCCOc1nc(N(Cc2ccc(OC)cc2)Cc2ccc(OC)cc2)c2ncc(C(O)c3cnc(N4CCN(C(=O)OC(C)(C)C)[C@@H](C)C4)c(C)c3)n2n1. The van der Waals surface area contributed by atoms with Crippen LogP contribution in [0.5, 0.6) is 17.5 Å². The van der Waals surface area contributed by atoms with Crippen LogP contribution >= 0.6 is 0 Å². The molecular weight excluding hydrogens is 713 g/mol. The largest absolute Gasteiger partial charge is 0.497 e. The first-order valence-electron chi connectivity index (χ1n) is 19.2. The Morgan fingerprint density at radius 3 is 2.16 bits per heavy atom. The number of methoxy groups -OCH3 is 2. The molecule has 4 heterocycles. The van der Waals surface area contributed by atoms with E-state index >= 15 is 0 Å². The summed E-state index contributed by atoms with van der Waals surface area (Å²) >= 11 is 0. The molecule has 1 amide bonds. The van der Waals surface area contributed by atoms with Crippen molar-refractivity contribution in [2.24, 2.45) is 0 Å². The number of hydrogen-bond donors (Lipinski definition) is 1. The number of ether oxygens (including phenoxy) is 4. The van der Waals surface area contributed by atoms with E-state index in [-0.39, 0.29) is 18.1 Å². The van der Waals surface area contributed by atoms with Gasteiger partial charge >= 0.3 is 12.1 Å². The lowest BCUT2D eigenvalue weighted by atomic mass is 10.1. The molecule has 0 radical (unpaired) electrons. The Morgan fingerprint density at radius 2 is 1.61 bits per heavy atom. The summed E-state index contributed by atoms with van der Waals surface area (Å²) in [5.41, 5.74) is 3.94. The molecule has 1 N–H and O–H groups in total. The summed E-state index contributed by atoms with van der Waals surface area (Å²) in [7, 11) is 3.30. The minimum Gasteiger partial charge on any atom is -0.497 e. The summed E-state index contributed by atoms with van der Waals surface area (Å²) < 4.78 is 24.2. The van der Waals surface area contributed by atoms with E-state index in [0.717, 1.165) is 46.8 Å². The number of pyridine rings is 1. The molecule has 1 aliphatic rings. The van der Waals surface area contributed by atoms with Crippen LogP contribution in [-0.2, 0) is 17.8 Å². The topological polar surface area (TPSA) is 140 Å². The number of aromatic nitrogens is 5. The highest BCUT2D eigenvalue weighted by Crippen LogP contribution is 2.31. The Hall–Kier alpha value is -5.63. The van der Waals surface area contributed by atoms with Gasteiger partial charge in [-0.15, -0.1) is 5.10 Å². The summed E-state index contributed by atoms with van der Waals surface area (Å²) in [6.07, 6.45) is 3.70. The molecule has 0 spiro atoms. The minimum atomic E-state index is -1.10. The number of aliphatic hydroxyl groups excluding tert-OH is 1.